The number of rotatable bonds is 2. The summed E-state index contributed by atoms with van der Waals surface area (Å²) in [6.45, 7) is 0. The molecule has 3 rings (SSSR count). The molecule has 0 unspecified atom stereocenters. The summed E-state index contributed by atoms with van der Waals surface area (Å²) in [4.78, 5) is 4.03. The number of aromatic nitrogens is 3. The molecule has 0 saturated heterocycles. The Morgan fingerprint density at radius 1 is 0.889 bits per heavy atom. The van der Waals surface area contributed by atoms with Crippen molar-refractivity contribution in [3.8, 4) is 22.4 Å². The molecule has 0 radical (unpaired) electrons. The molecule has 0 aliphatic rings. The number of pyridine rings is 1. The summed E-state index contributed by atoms with van der Waals surface area (Å²) in [5, 5.41) is 7.19. The van der Waals surface area contributed by atoms with E-state index in [0.29, 0.717) is 0 Å². The molecule has 0 fully saturated rings. The molecule has 1 N–H and O–H groups in total. The first kappa shape index (κ1) is 11.2. The lowest BCUT2D eigenvalue weighted by Gasteiger charge is -2.03. The van der Waals surface area contributed by atoms with Gasteiger partial charge in [-0.1, -0.05) is 28.1 Å². The van der Waals surface area contributed by atoms with Crippen LogP contribution in [0.4, 0.5) is 0 Å². The molecule has 1 aromatic carbocycles. The number of H-pyrrole nitrogens is 1. The molecule has 0 spiro atoms. The third-order valence-electron chi connectivity index (χ3n) is 2.76. The second kappa shape index (κ2) is 4.74. The van der Waals surface area contributed by atoms with Crippen LogP contribution in [0.2, 0.25) is 0 Å². The summed E-state index contributed by atoms with van der Waals surface area (Å²) in [7, 11) is 0. The second-order valence-corrected chi connectivity index (χ2v) is 4.82. The van der Waals surface area contributed by atoms with Gasteiger partial charge in [0.2, 0.25) is 0 Å². The van der Waals surface area contributed by atoms with Crippen molar-refractivity contribution >= 4 is 15.9 Å². The molecular formula is C14H10BrN3. The van der Waals surface area contributed by atoms with E-state index in [-0.39, 0.29) is 0 Å². The van der Waals surface area contributed by atoms with Gasteiger partial charge in [0.25, 0.3) is 0 Å². The van der Waals surface area contributed by atoms with Crippen LogP contribution in [0.5, 0.6) is 0 Å². The minimum atomic E-state index is 1.02. The Hall–Kier alpha value is -1.94. The molecule has 3 nitrogen and oxygen atoms in total. The van der Waals surface area contributed by atoms with E-state index in [9.17, 15) is 0 Å². The number of aromatic amines is 1. The summed E-state index contributed by atoms with van der Waals surface area (Å²) < 4.78 is 1.07. The quantitative estimate of drug-likeness (QED) is 0.780. The number of nitrogens with one attached hydrogen (secondary N) is 1. The standard InChI is InChI=1S/C14H10BrN3/c15-12-3-1-11(2-4-12)14-13(9-17-18-14)10-5-7-16-8-6-10/h1-9H,(H,17,18). The lowest BCUT2D eigenvalue weighted by atomic mass is 10.0. The number of benzene rings is 1. The second-order valence-electron chi connectivity index (χ2n) is 3.90. The van der Waals surface area contributed by atoms with Crippen LogP contribution in [0, 0.1) is 0 Å². The zero-order valence-corrected chi connectivity index (χ0v) is 11.1. The molecular weight excluding hydrogens is 290 g/mol. The first-order chi connectivity index (χ1) is 8.84. The molecule has 4 heteroatoms. The Morgan fingerprint density at radius 2 is 1.61 bits per heavy atom. The SMILES string of the molecule is Brc1ccc(-c2[nH]ncc2-c2ccncc2)cc1. The monoisotopic (exact) mass is 299 g/mol. The van der Waals surface area contributed by atoms with E-state index < -0.39 is 0 Å². The van der Waals surface area contributed by atoms with Crippen molar-refractivity contribution in [1.29, 1.82) is 0 Å². The highest BCUT2D eigenvalue weighted by molar-refractivity contribution is 9.10. The lowest BCUT2D eigenvalue weighted by molar-refractivity contribution is 1.10. The summed E-state index contributed by atoms with van der Waals surface area (Å²) in [6, 6.07) is 12.1. The summed E-state index contributed by atoms with van der Waals surface area (Å²) in [6.07, 6.45) is 5.41. The van der Waals surface area contributed by atoms with Gasteiger partial charge >= 0.3 is 0 Å². The van der Waals surface area contributed by atoms with E-state index in [1.54, 1.807) is 12.4 Å². The van der Waals surface area contributed by atoms with Gasteiger partial charge in [0, 0.05) is 28.0 Å². The smallest absolute Gasteiger partial charge is 0.0728 e. The lowest BCUT2D eigenvalue weighted by Crippen LogP contribution is -1.83. The van der Waals surface area contributed by atoms with Gasteiger partial charge in [-0.15, -0.1) is 0 Å². The van der Waals surface area contributed by atoms with Gasteiger partial charge in [-0.05, 0) is 29.8 Å². The number of nitrogens with zero attached hydrogens (tertiary/aromatic N) is 2. The van der Waals surface area contributed by atoms with E-state index >= 15 is 0 Å². The van der Waals surface area contributed by atoms with E-state index in [2.05, 4.69) is 43.2 Å². The van der Waals surface area contributed by atoms with E-state index in [0.717, 1.165) is 26.9 Å². The maximum Gasteiger partial charge on any atom is 0.0728 e. The molecule has 2 heterocycles. The Morgan fingerprint density at radius 3 is 2.33 bits per heavy atom. The van der Waals surface area contributed by atoms with E-state index in [1.807, 2.05) is 30.5 Å². The molecule has 3 aromatic rings. The van der Waals surface area contributed by atoms with Crippen molar-refractivity contribution < 1.29 is 0 Å². The first-order valence-electron chi connectivity index (χ1n) is 5.54. The molecule has 0 aliphatic carbocycles. The maximum absolute atomic E-state index is 4.14. The summed E-state index contributed by atoms with van der Waals surface area (Å²) in [5.41, 5.74) is 4.33. The van der Waals surface area contributed by atoms with Gasteiger partial charge in [0.05, 0.1) is 11.9 Å². The van der Waals surface area contributed by atoms with Gasteiger partial charge in [0.1, 0.15) is 0 Å². The minimum Gasteiger partial charge on any atom is -0.277 e. The van der Waals surface area contributed by atoms with Crippen molar-refractivity contribution in [2.45, 2.75) is 0 Å². The van der Waals surface area contributed by atoms with Gasteiger partial charge in [-0.2, -0.15) is 5.10 Å². The maximum atomic E-state index is 4.14. The molecule has 88 valence electrons. The van der Waals surface area contributed by atoms with Crippen LogP contribution in [0.3, 0.4) is 0 Å². The molecule has 2 aromatic heterocycles. The van der Waals surface area contributed by atoms with Crippen LogP contribution >= 0.6 is 15.9 Å². The third-order valence-corrected chi connectivity index (χ3v) is 3.29. The predicted octanol–water partition coefficient (Wildman–Crippen LogP) is 3.90. The zero-order chi connectivity index (χ0) is 12.4. The number of hydrogen-bond donors (Lipinski definition) is 1. The minimum absolute atomic E-state index is 1.02. The van der Waals surface area contributed by atoms with Crippen LogP contribution in [-0.4, -0.2) is 15.2 Å². The van der Waals surface area contributed by atoms with Crippen LogP contribution < -0.4 is 0 Å². The van der Waals surface area contributed by atoms with Crippen molar-refractivity contribution in [2.24, 2.45) is 0 Å². The predicted molar refractivity (Wildman–Crippen MR) is 75.0 cm³/mol. The van der Waals surface area contributed by atoms with Gasteiger partial charge in [-0.25, -0.2) is 0 Å². The third kappa shape index (κ3) is 2.07. The topological polar surface area (TPSA) is 41.6 Å². The zero-order valence-electron chi connectivity index (χ0n) is 9.47. The number of halogens is 1. The molecule has 0 atom stereocenters. The Balaban J connectivity index is 2.10. The highest BCUT2D eigenvalue weighted by atomic mass is 79.9. The molecule has 0 amide bonds. The van der Waals surface area contributed by atoms with Gasteiger partial charge in [0.15, 0.2) is 0 Å². The molecule has 0 saturated carbocycles. The van der Waals surface area contributed by atoms with Crippen LogP contribution in [-0.2, 0) is 0 Å². The number of hydrogen-bond acceptors (Lipinski definition) is 2. The average Bonchev–Trinajstić information content (AvgIpc) is 2.90. The van der Waals surface area contributed by atoms with Crippen LogP contribution in [0.15, 0.2) is 59.5 Å². The van der Waals surface area contributed by atoms with Crippen LogP contribution in [0.1, 0.15) is 0 Å². The van der Waals surface area contributed by atoms with Gasteiger partial charge < -0.3 is 0 Å². The molecule has 0 bridgehead atoms. The molecule has 0 aliphatic heterocycles. The average molecular weight is 300 g/mol. The fourth-order valence-electron chi connectivity index (χ4n) is 1.87. The molecule has 18 heavy (non-hydrogen) atoms. The Kier molecular flexibility index (Phi) is 2.94. The fourth-order valence-corrected chi connectivity index (χ4v) is 2.14. The summed E-state index contributed by atoms with van der Waals surface area (Å²) >= 11 is 3.44. The largest absolute Gasteiger partial charge is 0.277 e. The summed E-state index contributed by atoms with van der Waals surface area (Å²) in [5.74, 6) is 0. The van der Waals surface area contributed by atoms with E-state index in [1.165, 1.54) is 0 Å². The Labute approximate surface area is 113 Å². The normalized spacial score (nSPS) is 10.5. The van der Waals surface area contributed by atoms with Crippen LogP contribution in [0.25, 0.3) is 22.4 Å². The first-order valence-corrected chi connectivity index (χ1v) is 6.33. The Bertz CT molecular complexity index is 644. The van der Waals surface area contributed by atoms with Crippen molar-refractivity contribution in [1.82, 2.24) is 15.2 Å². The fraction of sp³-hybridized carbons (Fsp3) is 0. The van der Waals surface area contributed by atoms with Crippen molar-refractivity contribution in [3.05, 3.63) is 59.5 Å². The highest BCUT2D eigenvalue weighted by Crippen LogP contribution is 2.30. The van der Waals surface area contributed by atoms with Crippen molar-refractivity contribution in [3.63, 3.8) is 0 Å². The highest BCUT2D eigenvalue weighted by Gasteiger charge is 2.09. The van der Waals surface area contributed by atoms with E-state index in [4.69, 9.17) is 0 Å². The van der Waals surface area contributed by atoms with Gasteiger partial charge in [-0.3, -0.25) is 10.1 Å². The van der Waals surface area contributed by atoms with Crippen molar-refractivity contribution in [2.75, 3.05) is 0 Å².